The van der Waals surface area contributed by atoms with E-state index in [-0.39, 0.29) is 12.2 Å². The zero-order chi connectivity index (χ0) is 21.2. The standard InChI is InChI=1S/2C11H21O2.CH3.Sn.H/c2*1-4-6-7-11(5-2)9-13-10(3)8-12;;;/h2*8,10-11H,3-7,9H2,1-2H3;1H3;;. The summed E-state index contributed by atoms with van der Waals surface area (Å²) in [5.74, 6) is 1.10. The third kappa shape index (κ3) is 14.1. The second-order valence-corrected chi connectivity index (χ2v) is 17.4. The van der Waals surface area contributed by atoms with E-state index in [1.165, 1.54) is 38.5 Å². The van der Waals surface area contributed by atoms with Gasteiger partial charge in [-0.15, -0.1) is 0 Å². The van der Waals surface area contributed by atoms with Gasteiger partial charge in [-0.2, -0.15) is 0 Å². The molecule has 0 N–H and O–H groups in total. The first kappa shape index (κ1) is 28.1. The second kappa shape index (κ2) is 19.0. The number of carbonyl (C=O) groups excluding carboxylic acids is 2. The van der Waals surface area contributed by atoms with Crippen molar-refractivity contribution in [3.05, 3.63) is 0 Å². The molecule has 0 bridgehead atoms. The molecule has 0 aromatic rings. The fraction of sp³-hybridized carbons (Fsp3) is 0.913. The normalized spacial score (nSPS) is 16.9. The molecule has 0 aliphatic heterocycles. The van der Waals surface area contributed by atoms with Gasteiger partial charge < -0.3 is 0 Å². The summed E-state index contributed by atoms with van der Waals surface area (Å²) in [6.07, 6.45) is 10.7. The molecule has 4 atom stereocenters. The summed E-state index contributed by atoms with van der Waals surface area (Å²) in [4.78, 5) is 25.2. The van der Waals surface area contributed by atoms with Gasteiger partial charge in [0, 0.05) is 0 Å². The minimum atomic E-state index is -2.00. The second-order valence-electron chi connectivity index (χ2n) is 8.43. The van der Waals surface area contributed by atoms with Crippen molar-refractivity contribution in [2.24, 2.45) is 11.8 Å². The molecule has 0 aliphatic carbocycles. The predicted octanol–water partition coefficient (Wildman–Crippen LogP) is 5.44. The summed E-state index contributed by atoms with van der Waals surface area (Å²) in [5, 5.41) is 0. The molecule has 5 heteroatoms. The van der Waals surface area contributed by atoms with Crippen molar-refractivity contribution < 1.29 is 19.1 Å². The van der Waals surface area contributed by atoms with Crippen molar-refractivity contribution in [3.8, 4) is 0 Å². The van der Waals surface area contributed by atoms with Gasteiger partial charge in [0.1, 0.15) is 0 Å². The van der Waals surface area contributed by atoms with Crippen LogP contribution >= 0.6 is 0 Å². The Bertz CT molecular complexity index is 344. The van der Waals surface area contributed by atoms with Gasteiger partial charge in [-0.25, -0.2) is 0 Å². The monoisotopic (exact) mass is 506 g/mol. The van der Waals surface area contributed by atoms with E-state index in [9.17, 15) is 9.59 Å². The molecule has 4 unspecified atom stereocenters. The van der Waals surface area contributed by atoms with Crippen molar-refractivity contribution in [1.82, 2.24) is 0 Å². The van der Waals surface area contributed by atoms with E-state index in [0.717, 1.165) is 34.3 Å². The van der Waals surface area contributed by atoms with E-state index < -0.39 is 19.8 Å². The van der Waals surface area contributed by atoms with Crippen molar-refractivity contribution in [2.45, 2.75) is 105 Å². The van der Waals surface area contributed by atoms with Crippen LogP contribution in [0.1, 0.15) is 79.1 Å². The first-order chi connectivity index (χ1) is 13.5. The number of rotatable bonds is 20. The number of aldehydes is 2. The Kier molecular flexibility index (Phi) is 19.1. The topological polar surface area (TPSA) is 52.6 Å². The van der Waals surface area contributed by atoms with Gasteiger partial charge in [0.15, 0.2) is 0 Å². The number of unbranched alkanes of at least 4 members (excludes halogenated alkanes) is 2. The van der Waals surface area contributed by atoms with Crippen molar-refractivity contribution in [2.75, 3.05) is 13.2 Å². The maximum absolute atomic E-state index is 11.5. The zero-order valence-corrected chi connectivity index (χ0v) is 22.5. The molecule has 0 aromatic carbocycles. The van der Waals surface area contributed by atoms with Crippen LogP contribution in [-0.4, -0.2) is 57.8 Å². The molecule has 0 saturated carbocycles. The van der Waals surface area contributed by atoms with Crippen molar-refractivity contribution in [1.29, 1.82) is 0 Å². The number of hydrogen-bond acceptors (Lipinski definition) is 4. The average Bonchev–Trinajstić information content (AvgIpc) is 2.71. The van der Waals surface area contributed by atoms with Crippen LogP contribution in [0.15, 0.2) is 0 Å². The third-order valence-electron chi connectivity index (χ3n) is 5.75. The Balaban J connectivity index is 4.33. The molecule has 0 aliphatic rings. The van der Waals surface area contributed by atoms with Gasteiger partial charge in [-0.3, -0.25) is 0 Å². The predicted molar refractivity (Wildman–Crippen MR) is 121 cm³/mol. The van der Waals surface area contributed by atoms with Gasteiger partial charge in [0.05, 0.1) is 0 Å². The fourth-order valence-electron chi connectivity index (χ4n) is 3.53. The van der Waals surface area contributed by atoms with Crippen LogP contribution in [0.25, 0.3) is 0 Å². The molecule has 0 fully saturated rings. The van der Waals surface area contributed by atoms with E-state index in [4.69, 9.17) is 9.47 Å². The Hall–Kier alpha value is 0.0587. The van der Waals surface area contributed by atoms with E-state index in [1.54, 1.807) is 0 Å². The van der Waals surface area contributed by atoms with Crippen molar-refractivity contribution >= 4 is 32.3 Å². The molecule has 0 amide bonds. The van der Waals surface area contributed by atoms with Crippen LogP contribution in [0.4, 0.5) is 0 Å². The molecule has 166 valence electrons. The van der Waals surface area contributed by atoms with Gasteiger partial charge in [-0.1, -0.05) is 0 Å². The summed E-state index contributed by atoms with van der Waals surface area (Å²) < 4.78 is 13.6. The molecule has 0 radical (unpaired) electrons. The van der Waals surface area contributed by atoms with E-state index in [0.29, 0.717) is 25.0 Å². The van der Waals surface area contributed by atoms with Gasteiger partial charge in [0.25, 0.3) is 0 Å². The molecule has 0 aromatic heterocycles. The molecule has 0 heterocycles. The van der Waals surface area contributed by atoms with Crippen LogP contribution in [0.3, 0.4) is 0 Å². The first-order valence-electron chi connectivity index (χ1n) is 11.7. The van der Waals surface area contributed by atoms with E-state index in [1.807, 2.05) is 0 Å². The SMILES string of the molecule is CCCCC(CC)COC(C=O)[CH2][SnH]([CH3])[CH2]C(C=O)OCC(CC)CCCC. The number of ether oxygens (including phenoxy) is 2. The maximum atomic E-state index is 11.5. The number of carbonyl (C=O) groups is 2. The summed E-state index contributed by atoms with van der Waals surface area (Å²) >= 11 is -2.00. The first-order valence-corrected chi connectivity index (χ1v) is 19.6. The fourth-order valence-corrected chi connectivity index (χ4v) is 10.0. The summed E-state index contributed by atoms with van der Waals surface area (Å²) in [7, 11) is 0. The Labute approximate surface area is 181 Å². The van der Waals surface area contributed by atoms with Crippen LogP contribution in [0, 0.1) is 11.8 Å². The number of hydrogen-bond donors (Lipinski definition) is 0. The molecule has 0 rings (SSSR count). The summed E-state index contributed by atoms with van der Waals surface area (Å²) in [6, 6.07) is 0. The Morgan fingerprint density at radius 1 is 0.750 bits per heavy atom. The summed E-state index contributed by atoms with van der Waals surface area (Å²) in [5.41, 5.74) is 0. The average molecular weight is 505 g/mol. The Morgan fingerprint density at radius 3 is 1.43 bits per heavy atom. The van der Waals surface area contributed by atoms with Gasteiger partial charge >= 0.3 is 182 Å². The molecular weight excluding hydrogens is 459 g/mol. The van der Waals surface area contributed by atoms with E-state index >= 15 is 0 Å². The molecule has 28 heavy (non-hydrogen) atoms. The summed E-state index contributed by atoms with van der Waals surface area (Å²) in [6.45, 7) is 10.2. The van der Waals surface area contributed by atoms with Crippen LogP contribution in [0.5, 0.6) is 0 Å². The molecule has 0 spiro atoms. The van der Waals surface area contributed by atoms with Crippen LogP contribution in [0.2, 0.25) is 13.8 Å². The van der Waals surface area contributed by atoms with Gasteiger partial charge in [0.2, 0.25) is 0 Å². The Morgan fingerprint density at radius 2 is 1.14 bits per heavy atom. The molecule has 0 saturated heterocycles. The minimum absolute atomic E-state index is 0.290. The van der Waals surface area contributed by atoms with Crippen LogP contribution < -0.4 is 0 Å². The molecular formula is C23H46O4Sn. The molecule has 4 nitrogen and oxygen atoms in total. The zero-order valence-electron chi connectivity index (χ0n) is 19.2. The van der Waals surface area contributed by atoms with Crippen LogP contribution in [-0.2, 0) is 19.1 Å². The quantitative estimate of drug-likeness (QED) is 0.163. The third-order valence-corrected chi connectivity index (χ3v) is 13.0. The van der Waals surface area contributed by atoms with Gasteiger partial charge in [-0.05, 0) is 0 Å². The van der Waals surface area contributed by atoms with E-state index in [2.05, 4.69) is 32.6 Å². The van der Waals surface area contributed by atoms with Crippen molar-refractivity contribution in [3.63, 3.8) is 0 Å².